The van der Waals surface area contributed by atoms with E-state index in [-0.39, 0.29) is 11.3 Å². The number of hydrogen-bond donors (Lipinski definition) is 0. The number of esters is 1. The molecule has 0 heterocycles. The van der Waals surface area contributed by atoms with Crippen molar-refractivity contribution in [2.45, 2.75) is 6.61 Å². The average Bonchev–Trinajstić information content (AvgIpc) is 2.65. The monoisotopic (exact) mass is 356 g/mol. The van der Waals surface area contributed by atoms with Gasteiger partial charge in [0.2, 0.25) is 0 Å². The van der Waals surface area contributed by atoms with Crippen LogP contribution in [0, 0.1) is 0 Å². The van der Waals surface area contributed by atoms with E-state index in [4.69, 9.17) is 4.74 Å². The molecule has 0 saturated carbocycles. The predicted molar refractivity (Wildman–Crippen MR) is 91.6 cm³/mol. The Labute approximate surface area is 148 Å². The number of carbonyl (C=O) groups excluding carboxylic acids is 2. The maximum atomic E-state index is 12.4. The van der Waals surface area contributed by atoms with Crippen LogP contribution >= 0.6 is 0 Å². The Balaban J connectivity index is 1.70. The summed E-state index contributed by atoms with van der Waals surface area (Å²) in [6.07, 6.45) is 0. The highest BCUT2D eigenvalue weighted by Crippen LogP contribution is 2.21. The number of ketones is 1. The van der Waals surface area contributed by atoms with Gasteiger partial charge in [-0.1, -0.05) is 48.5 Å². The van der Waals surface area contributed by atoms with Crippen molar-refractivity contribution in [3.05, 3.63) is 77.9 Å². The molecule has 0 radical (unpaired) electrons. The van der Waals surface area contributed by atoms with E-state index in [0.717, 1.165) is 10.8 Å². The second-order valence-corrected chi connectivity index (χ2v) is 5.44. The third kappa shape index (κ3) is 4.03. The van der Waals surface area contributed by atoms with Crippen molar-refractivity contribution in [1.29, 1.82) is 0 Å². The number of alkyl halides is 2. The Morgan fingerprint density at radius 3 is 2.35 bits per heavy atom. The number of carbonyl (C=O) groups is 2. The number of fused-ring (bicyclic) bond motifs is 1. The third-order valence-corrected chi connectivity index (χ3v) is 3.73. The van der Waals surface area contributed by atoms with Crippen LogP contribution < -0.4 is 4.74 Å². The molecule has 4 nitrogen and oxygen atoms in total. The van der Waals surface area contributed by atoms with Crippen LogP contribution in [0.5, 0.6) is 5.75 Å². The molecule has 26 heavy (non-hydrogen) atoms. The predicted octanol–water partition coefficient (Wildman–Crippen LogP) is 4.48. The maximum Gasteiger partial charge on any atom is 0.387 e. The number of rotatable bonds is 6. The summed E-state index contributed by atoms with van der Waals surface area (Å²) in [6, 6.07) is 18.2. The standard InChI is InChI=1S/C20H14F2O4/c21-20(22)26-18-8-4-3-7-16(18)19(24)25-12-17(23)15-10-9-13-5-1-2-6-14(13)11-15/h1-11,20H,12H2. The lowest BCUT2D eigenvalue weighted by Gasteiger charge is -2.10. The largest absolute Gasteiger partial charge is 0.454 e. The summed E-state index contributed by atoms with van der Waals surface area (Å²) in [6.45, 7) is -3.57. The first-order valence-electron chi connectivity index (χ1n) is 7.77. The molecule has 0 bridgehead atoms. The van der Waals surface area contributed by atoms with E-state index in [9.17, 15) is 18.4 Å². The molecule has 0 spiro atoms. The minimum absolute atomic E-state index is 0.167. The van der Waals surface area contributed by atoms with Crippen LogP contribution in [0.1, 0.15) is 20.7 Å². The normalized spacial score (nSPS) is 10.7. The molecule has 3 aromatic carbocycles. The van der Waals surface area contributed by atoms with Crippen LogP contribution in [0.3, 0.4) is 0 Å². The maximum absolute atomic E-state index is 12.4. The van der Waals surface area contributed by atoms with Gasteiger partial charge in [-0.3, -0.25) is 4.79 Å². The molecule has 0 N–H and O–H groups in total. The molecule has 3 aromatic rings. The molecule has 0 saturated heterocycles. The van der Waals surface area contributed by atoms with Crippen LogP contribution in [-0.4, -0.2) is 25.0 Å². The highest BCUT2D eigenvalue weighted by atomic mass is 19.3. The molecular weight excluding hydrogens is 342 g/mol. The first kappa shape index (κ1) is 17.5. The Morgan fingerprint density at radius 2 is 1.58 bits per heavy atom. The topological polar surface area (TPSA) is 52.6 Å². The first-order chi connectivity index (χ1) is 12.5. The molecule has 0 aliphatic carbocycles. The van der Waals surface area contributed by atoms with Gasteiger partial charge in [0.05, 0.1) is 0 Å². The van der Waals surface area contributed by atoms with Gasteiger partial charge >= 0.3 is 12.6 Å². The van der Waals surface area contributed by atoms with Gasteiger partial charge in [-0.2, -0.15) is 8.78 Å². The molecule has 0 atom stereocenters. The Bertz CT molecular complexity index is 953. The van der Waals surface area contributed by atoms with Crippen LogP contribution in [0.4, 0.5) is 8.78 Å². The van der Waals surface area contributed by atoms with Crippen LogP contribution in [0.2, 0.25) is 0 Å². The summed E-state index contributed by atoms with van der Waals surface area (Å²) in [7, 11) is 0. The molecule has 0 unspecified atom stereocenters. The van der Waals surface area contributed by atoms with Crippen LogP contribution in [0.25, 0.3) is 10.8 Å². The van der Waals surface area contributed by atoms with E-state index in [1.165, 1.54) is 24.3 Å². The lowest BCUT2D eigenvalue weighted by atomic mass is 10.0. The van der Waals surface area contributed by atoms with E-state index in [1.54, 1.807) is 18.2 Å². The van der Waals surface area contributed by atoms with Gasteiger partial charge in [0.25, 0.3) is 0 Å². The summed E-state index contributed by atoms with van der Waals surface area (Å²) in [5, 5.41) is 1.87. The number of Topliss-reactive ketones (excluding diaryl/α,β-unsaturated/α-hetero) is 1. The Hall–Kier alpha value is -3.28. The van der Waals surface area contributed by atoms with Crippen molar-refractivity contribution in [3.63, 3.8) is 0 Å². The number of hydrogen-bond acceptors (Lipinski definition) is 4. The number of para-hydroxylation sites is 1. The molecular formula is C20H14F2O4. The fourth-order valence-electron chi connectivity index (χ4n) is 2.49. The lowest BCUT2D eigenvalue weighted by molar-refractivity contribution is -0.0504. The zero-order valence-electron chi connectivity index (χ0n) is 13.5. The zero-order chi connectivity index (χ0) is 18.5. The minimum Gasteiger partial charge on any atom is -0.454 e. The third-order valence-electron chi connectivity index (χ3n) is 3.73. The van der Waals surface area contributed by atoms with Gasteiger partial charge in [-0.15, -0.1) is 0 Å². The van der Waals surface area contributed by atoms with Crippen molar-refractivity contribution in [2.75, 3.05) is 6.61 Å². The second-order valence-electron chi connectivity index (χ2n) is 5.44. The summed E-state index contributed by atoms with van der Waals surface area (Å²) < 4.78 is 34.0. The molecule has 0 aliphatic rings. The molecule has 0 amide bonds. The molecule has 6 heteroatoms. The smallest absolute Gasteiger partial charge is 0.387 e. The SMILES string of the molecule is O=C(COC(=O)c1ccccc1OC(F)F)c1ccc2ccccc2c1. The molecule has 3 rings (SSSR count). The summed E-state index contributed by atoms with van der Waals surface area (Å²) in [5.41, 5.74) is 0.229. The van der Waals surface area contributed by atoms with Gasteiger partial charge in [0, 0.05) is 5.56 Å². The number of ether oxygens (including phenoxy) is 2. The van der Waals surface area contributed by atoms with Gasteiger partial charge in [0.1, 0.15) is 11.3 Å². The highest BCUT2D eigenvalue weighted by Gasteiger charge is 2.18. The van der Waals surface area contributed by atoms with E-state index in [0.29, 0.717) is 5.56 Å². The van der Waals surface area contributed by atoms with Crippen LogP contribution in [-0.2, 0) is 4.74 Å². The molecule has 132 valence electrons. The zero-order valence-corrected chi connectivity index (χ0v) is 13.5. The summed E-state index contributed by atoms with van der Waals surface area (Å²) >= 11 is 0. The average molecular weight is 356 g/mol. The molecule has 0 fully saturated rings. The van der Waals surface area contributed by atoms with Crippen molar-refractivity contribution < 1.29 is 27.8 Å². The van der Waals surface area contributed by atoms with Crippen molar-refractivity contribution in [3.8, 4) is 5.75 Å². The van der Waals surface area contributed by atoms with Gasteiger partial charge < -0.3 is 9.47 Å². The van der Waals surface area contributed by atoms with Crippen molar-refractivity contribution >= 4 is 22.5 Å². The van der Waals surface area contributed by atoms with Crippen LogP contribution in [0.15, 0.2) is 66.7 Å². The number of benzene rings is 3. The quantitative estimate of drug-likeness (QED) is 0.483. The highest BCUT2D eigenvalue weighted by molar-refractivity contribution is 6.02. The summed E-state index contributed by atoms with van der Waals surface area (Å²) in [4.78, 5) is 24.4. The summed E-state index contributed by atoms with van der Waals surface area (Å²) in [5.74, 6) is -1.60. The molecule has 0 aliphatic heterocycles. The van der Waals surface area contributed by atoms with E-state index in [1.807, 2.05) is 24.3 Å². The van der Waals surface area contributed by atoms with E-state index in [2.05, 4.69) is 4.74 Å². The van der Waals surface area contributed by atoms with E-state index >= 15 is 0 Å². The van der Waals surface area contributed by atoms with Crippen molar-refractivity contribution in [2.24, 2.45) is 0 Å². The Kier molecular flexibility index (Phi) is 5.22. The molecule has 0 aromatic heterocycles. The van der Waals surface area contributed by atoms with Gasteiger partial charge in [-0.05, 0) is 29.0 Å². The Morgan fingerprint density at radius 1 is 0.885 bits per heavy atom. The van der Waals surface area contributed by atoms with Gasteiger partial charge in [-0.25, -0.2) is 4.79 Å². The lowest BCUT2D eigenvalue weighted by Crippen LogP contribution is -2.16. The van der Waals surface area contributed by atoms with E-state index < -0.39 is 25.0 Å². The fraction of sp³-hybridized carbons (Fsp3) is 0.100. The first-order valence-corrected chi connectivity index (χ1v) is 7.77. The van der Waals surface area contributed by atoms with Crippen molar-refractivity contribution in [1.82, 2.24) is 0 Å². The fourth-order valence-corrected chi connectivity index (χ4v) is 2.49. The minimum atomic E-state index is -3.07. The van der Waals surface area contributed by atoms with Gasteiger partial charge in [0.15, 0.2) is 12.4 Å². The number of halogens is 2. The second kappa shape index (κ2) is 7.74.